The Morgan fingerprint density at radius 3 is 2.46 bits per heavy atom. The number of likely N-dealkylation sites (N-methyl/N-ethyl adjacent to an activating group) is 1. The zero-order valence-electron chi connectivity index (χ0n) is 14.3. The van der Waals surface area contributed by atoms with Gasteiger partial charge in [-0.3, -0.25) is 4.79 Å². The van der Waals surface area contributed by atoms with Crippen molar-refractivity contribution in [1.29, 1.82) is 0 Å². The molecular weight excluding hydrogens is 464 g/mol. The second kappa shape index (κ2) is 10.1. The molecular formula is C19H18Br2N2O3. The minimum absolute atomic E-state index is 0.205. The van der Waals surface area contributed by atoms with Crippen LogP contribution in [-0.4, -0.2) is 25.8 Å². The highest BCUT2D eigenvalue weighted by molar-refractivity contribution is 9.28. The summed E-state index contributed by atoms with van der Waals surface area (Å²) in [5, 5.41) is 6.42. The number of nitrogens with one attached hydrogen (secondary N) is 1. The summed E-state index contributed by atoms with van der Waals surface area (Å²) in [4.78, 5) is 16.9. The van der Waals surface area contributed by atoms with Gasteiger partial charge in [-0.05, 0) is 61.2 Å². The first-order valence-electron chi connectivity index (χ1n) is 7.72. The quantitative estimate of drug-likeness (QED) is 0.469. The molecule has 0 saturated heterocycles. The zero-order chi connectivity index (χ0) is 18.9. The first kappa shape index (κ1) is 20.2. The van der Waals surface area contributed by atoms with Crippen molar-refractivity contribution in [3.8, 4) is 5.75 Å². The van der Waals surface area contributed by atoms with Crippen LogP contribution in [0, 0.1) is 0 Å². The summed E-state index contributed by atoms with van der Waals surface area (Å²) in [6.45, 7) is 0.299. The molecule has 2 rings (SSSR count). The maximum atomic E-state index is 12.1. The first-order valence-corrected chi connectivity index (χ1v) is 9.30. The Morgan fingerprint density at radius 1 is 1.15 bits per heavy atom. The fraction of sp³-hybridized carbons (Fsp3) is 0.158. The summed E-state index contributed by atoms with van der Waals surface area (Å²) in [5.41, 5.74) is 2.74. The number of halogens is 2. The maximum absolute atomic E-state index is 12.1. The van der Waals surface area contributed by atoms with Crippen molar-refractivity contribution >= 4 is 49.6 Å². The van der Waals surface area contributed by atoms with Crippen LogP contribution >= 0.6 is 31.9 Å². The highest BCUT2D eigenvalue weighted by Gasteiger charge is 2.17. The van der Waals surface area contributed by atoms with E-state index in [2.05, 4.69) is 42.3 Å². The van der Waals surface area contributed by atoms with Gasteiger partial charge in [0, 0.05) is 12.6 Å². The smallest absolute Gasteiger partial charge is 0.273 e. The van der Waals surface area contributed by atoms with Crippen LogP contribution in [0.1, 0.15) is 16.7 Å². The molecule has 0 radical (unpaired) electrons. The third-order valence-corrected chi connectivity index (χ3v) is 3.91. The van der Waals surface area contributed by atoms with Gasteiger partial charge in [0.05, 0.1) is 3.39 Å². The first-order chi connectivity index (χ1) is 12.5. The zero-order valence-corrected chi connectivity index (χ0v) is 17.5. The minimum Gasteiger partial charge on any atom is -0.489 e. The summed E-state index contributed by atoms with van der Waals surface area (Å²) in [6.07, 6.45) is 1.94. The van der Waals surface area contributed by atoms with Gasteiger partial charge >= 0.3 is 0 Å². The van der Waals surface area contributed by atoms with E-state index in [1.807, 2.05) is 54.6 Å². The third kappa shape index (κ3) is 5.71. The van der Waals surface area contributed by atoms with Crippen LogP contribution in [0.15, 0.2) is 57.1 Å². The fourth-order valence-corrected chi connectivity index (χ4v) is 2.78. The highest BCUT2D eigenvalue weighted by atomic mass is 79.9. The van der Waals surface area contributed by atoms with Crippen LogP contribution in [0.4, 0.5) is 0 Å². The Balaban J connectivity index is 2.19. The van der Waals surface area contributed by atoms with Gasteiger partial charge in [0.1, 0.15) is 19.5 Å². The molecule has 0 heterocycles. The van der Waals surface area contributed by atoms with Gasteiger partial charge in [-0.1, -0.05) is 41.6 Å². The molecule has 0 atom stereocenters. The summed E-state index contributed by atoms with van der Waals surface area (Å²) < 4.78 is 6.73. The van der Waals surface area contributed by atoms with E-state index in [1.165, 1.54) is 7.11 Å². The van der Waals surface area contributed by atoms with E-state index in [1.54, 1.807) is 7.05 Å². The van der Waals surface area contributed by atoms with E-state index in [4.69, 9.17) is 9.57 Å². The number of benzene rings is 2. The molecule has 0 aromatic heterocycles. The van der Waals surface area contributed by atoms with Gasteiger partial charge in [-0.2, -0.15) is 0 Å². The number of carbonyl (C=O) groups excluding carboxylic acids is 1. The van der Waals surface area contributed by atoms with E-state index in [9.17, 15) is 4.79 Å². The van der Waals surface area contributed by atoms with E-state index in [0.717, 1.165) is 20.3 Å². The number of ether oxygens (including phenoxy) is 1. The third-order valence-electron chi connectivity index (χ3n) is 3.45. The average molecular weight is 482 g/mol. The molecule has 0 saturated carbocycles. The lowest BCUT2D eigenvalue weighted by Crippen LogP contribution is -2.29. The molecule has 0 fully saturated rings. The topological polar surface area (TPSA) is 59.9 Å². The van der Waals surface area contributed by atoms with E-state index in [0.29, 0.717) is 12.2 Å². The summed E-state index contributed by atoms with van der Waals surface area (Å²) in [6, 6.07) is 15.1. The van der Waals surface area contributed by atoms with Crippen LogP contribution in [0.5, 0.6) is 5.75 Å². The number of carbonyl (C=O) groups is 1. The monoisotopic (exact) mass is 480 g/mol. The van der Waals surface area contributed by atoms with Crippen molar-refractivity contribution in [2.75, 3.05) is 14.2 Å². The normalized spacial score (nSPS) is 10.8. The number of nitrogens with zero attached hydrogens (tertiary/aromatic N) is 1. The summed E-state index contributed by atoms with van der Waals surface area (Å²) in [7, 11) is 2.96. The Labute approximate surface area is 169 Å². The van der Waals surface area contributed by atoms with Crippen molar-refractivity contribution in [3.63, 3.8) is 0 Å². The minimum atomic E-state index is -0.323. The molecule has 0 aliphatic heterocycles. The lowest BCUT2D eigenvalue weighted by molar-refractivity contribution is -0.114. The van der Waals surface area contributed by atoms with Crippen LogP contribution in [0.2, 0.25) is 0 Å². The molecule has 5 nitrogen and oxygen atoms in total. The largest absolute Gasteiger partial charge is 0.489 e. The molecule has 1 N–H and O–H groups in total. The Bertz CT molecular complexity index is 814. The number of amides is 1. The van der Waals surface area contributed by atoms with Crippen molar-refractivity contribution in [1.82, 2.24) is 5.32 Å². The molecule has 136 valence electrons. The van der Waals surface area contributed by atoms with Crippen molar-refractivity contribution < 1.29 is 14.4 Å². The predicted octanol–water partition coefficient (Wildman–Crippen LogP) is 4.45. The second-order valence-electron chi connectivity index (χ2n) is 5.15. The SMILES string of the molecule is CNC(=O)C(=NOC)c1ccccc1COc1ccc(C=C(Br)Br)cc1. The van der Waals surface area contributed by atoms with Crippen LogP contribution in [-0.2, 0) is 16.2 Å². The predicted molar refractivity (Wildman–Crippen MR) is 111 cm³/mol. The summed E-state index contributed by atoms with van der Waals surface area (Å²) in [5.74, 6) is 0.406. The Morgan fingerprint density at radius 2 is 1.85 bits per heavy atom. The molecule has 0 aliphatic rings. The van der Waals surface area contributed by atoms with Gasteiger partial charge in [-0.25, -0.2) is 0 Å². The molecule has 0 bridgehead atoms. The molecule has 2 aromatic carbocycles. The fourth-order valence-electron chi connectivity index (χ4n) is 2.25. The standard InChI is InChI=1S/C19H18Br2N2O3/c1-22-19(24)18(23-25-2)16-6-4-3-5-14(16)12-26-15-9-7-13(8-10-15)11-17(20)21/h3-11H,12H2,1-2H3,(H,22,24). The number of hydrogen-bond acceptors (Lipinski definition) is 4. The van der Waals surface area contributed by atoms with E-state index >= 15 is 0 Å². The Hall–Kier alpha value is -2.12. The van der Waals surface area contributed by atoms with Crippen molar-refractivity contribution in [2.24, 2.45) is 5.16 Å². The van der Waals surface area contributed by atoms with Gasteiger partial charge in [0.15, 0.2) is 5.71 Å². The van der Waals surface area contributed by atoms with Crippen molar-refractivity contribution in [2.45, 2.75) is 6.61 Å². The highest BCUT2D eigenvalue weighted by Crippen LogP contribution is 2.21. The molecule has 0 unspecified atom stereocenters. The summed E-state index contributed by atoms with van der Waals surface area (Å²) >= 11 is 6.67. The second-order valence-corrected chi connectivity index (χ2v) is 7.92. The average Bonchev–Trinajstić information content (AvgIpc) is 2.65. The van der Waals surface area contributed by atoms with Gasteiger partial charge in [0.2, 0.25) is 0 Å². The van der Waals surface area contributed by atoms with Gasteiger partial charge in [-0.15, -0.1) is 0 Å². The van der Waals surface area contributed by atoms with Gasteiger partial charge < -0.3 is 14.9 Å². The molecule has 7 heteroatoms. The lowest BCUT2D eigenvalue weighted by atomic mass is 10.0. The number of oxime groups is 1. The lowest BCUT2D eigenvalue weighted by Gasteiger charge is -2.12. The van der Waals surface area contributed by atoms with E-state index < -0.39 is 0 Å². The maximum Gasteiger partial charge on any atom is 0.273 e. The van der Waals surface area contributed by atoms with Crippen LogP contribution < -0.4 is 10.1 Å². The molecule has 1 amide bonds. The number of rotatable bonds is 7. The number of hydrogen-bond donors (Lipinski definition) is 1. The Kier molecular flexibility index (Phi) is 7.87. The van der Waals surface area contributed by atoms with Crippen molar-refractivity contribution in [3.05, 3.63) is 68.6 Å². The van der Waals surface area contributed by atoms with Crippen LogP contribution in [0.3, 0.4) is 0 Å². The molecule has 26 heavy (non-hydrogen) atoms. The molecule has 0 aliphatic carbocycles. The molecule has 2 aromatic rings. The van der Waals surface area contributed by atoms with Crippen LogP contribution in [0.25, 0.3) is 6.08 Å². The van der Waals surface area contributed by atoms with E-state index in [-0.39, 0.29) is 11.6 Å². The molecule has 0 spiro atoms. The van der Waals surface area contributed by atoms with Gasteiger partial charge in [0.25, 0.3) is 5.91 Å².